The average Bonchev–Trinajstić information content (AvgIpc) is 2.53. The molecule has 0 aliphatic carbocycles. The highest BCUT2D eigenvalue weighted by molar-refractivity contribution is 7.89. The number of aryl methyl sites for hydroxylation is 1. The second-order valence-corrected chi connectivity index (χ2v) is 6.83. The zero-order chi connectivity index (χ0) is 16.9. The molecular formula is C15H15ClN2O4S. The van der Waals surface area contributed by atoms with Crippen LogP contribution in [0.2, 0.25) is 5.02 Å². The molecule has 1 amide bonds. The number of benzene rings is 2. The average molecular weight is 355 g/mol. The monoisotopic (exact) mass is 354 g/mol. The number of halogens is 1. The van der Waals surface area contributed by atoms with Gasteiger partial charge in [-0.15, -0.1) is 4.83 Å². The lowest BCUT2D eigenvalue weighted by Crippen LogP contribution is -2.43. The molecule has 0 saturated carbocycles. The summed E-state index contributed by atoms with van der Waals surface area (Å²) in [4.78, 5) is 13.6. The van der Waals surface area contributed by atoms with E-state index in [9.17, 15) is 13.2 Å². The summed E-state index contributed by atoms with van der Waals surface area (Å²) in [6.45, 7) is 1.62. The summed E-state index contributed by atoms with van der Waals surface area (Å²) in [5.41, 5.74) is 3.15. The molecule has 23 heavy (non-hydrogen) atoms. The van der Waals surface area contributed by atoms with Gasteiger partial charge in [0.2, 0.25) is 0 Å². The lowest BCUT2D eigenvalue weighted by atomic mass is 10.2. The highest BCUT2D eigenvalue weighted by atomic mass is 35.5. The third kappa shape index (κ3) is 5.24. The van der Waals surface area contributed by atoms with Gasteiger partial charge in [-0.25, -0.2) is 8.42 Å². The molecule has 0 saturated heterocycles. The van der Waals surface area contributed by atoms with Crippen molar-refractivity contribution in [2.45, 2.75) is 11.8 Å². The summed E-state index contributed by atoms with van der Waals surface area (Å²) in [5.74, 6) is -0.102. The largest absolute Gasteiger partial charge is 0.484 e. The van der Waals surface area contributed by atoms with Gasteiger partial charge in [-0.05, 0) is 43.3 Å². The van der Waals surface area contributed by atoms with Gasteiger partial charge in [0.15, 0.2) is 6.61 Å². The first kappa shape index (κ1) is 17.3. The molecule has 0 heterocycles. The van der Waals surface area contributed by atoms with E-state index in [-0.39, 0.29) is 11.5 Å². The fourth-order valence-electron chi connectivity index (χ4n) is 1.62. The van der Waals surface area contributed by atoms with E-state index >= 15 is 0 Å². The summed E-state index contributed by atoms with van der Waals surface area (Å²) < 4.78 is 29.1. The molecule has 2 N–H and O–H groups in total. The van der Waals surface area contributed by atoms with Gasteiger partial charge in [-0.1, -0.05) is 29.3 Å². The van der Waals surface area contributed by atoms with Crippen LogP contribution in [0.5, 0.6) is 5.75 Å². The van der Waals surface area contributed by atoms with E-state index in [1.165, 1.54) is 24.3 Å². The number of sulfonamides is 1. The molecule has 2 aromatic rings. The highest BCUT2D eigenvalue weighted by Crippen LogP contribution is 2.13. The van der Waals surface area contributed by atoms with Crippen LogP contribution in [-0.4, -0.2) is 20.9 Å². The summed E-state index contributed by atoms with van der Waals surface area (Å²) in [6.07, 6.45) is 0. The Morgan fingerprint density at radius 1 is 1.09 bits per heavy atom. The minimum atomic E-state index is -3.86. The second-order valence-electron chi connectivity index (χ2n) is 4.71. The molecule has 2 aromatic carbocycles. The smallest absolute Gasteiger partial charge is 0.272 e. The first-order chi connectivity index (χ1) is 10.9. The Morgan fingerprint density at radius 3 is 2.30 bits per heavy atom. The van der Waals surface area contributed by atoms with Crippen LogP contribution in [-0.2, 0) is 14.8 Å². The standard InChI is InChI=1S/C15H15ClN2O4S/c1-11-2-6-13(7-3-11)22-10-15(19)17-18-23(20,21)14-8-4-12(16)5-9-14/h2-9,18H,10H2,1H3,(H,17,19). The molecule has 8 heteroatoms. The van der Waals surface area contributed by atoms with Gasteiger partial charge >= 0.3 is 0 Å². The summed E-state index contributed by atoms with van der Waals surface area (Å²) in [7, 11) is -3.86. The third-order valence-corrected chi connectivity index (χ3v) is 4.36. The molecule has 0 aromatic heterocycles. The predicted octanol–water partition coefficient (Wildman–Crippen LogP) is 2.04. The Hall–Kier alpha value is -2.09. The number of carbonyl (C=O) groups excluding carboxylic acids is 1. The lowest BCUT2D eigenvalue weighted by molar-refractivity contribution is -0.123. The SMILES string of the molecule is Cc1ccc(OCC(=O)NNS(=O)(=O)c2ccc(Cl)cc2)cc1. The number of nitrogens with one attached hydrogen (secondary N) is 2. The Bertz CT molecular complexity index is 774. The number of amides is 1. The highest BCUT2D eigenvalue weighted by Gasteiger charge is 2.15. The molecule has 6 nitrogen and oxygen atoms in total. The lowest BCUT2D eigenvalue weighted by Gasteiger charge is -2.09. The van der Waals surface area contributed by atoms with E-state index < -0.39 is 15.9 Å². The number of hydrogen-bond donors (Lipinski definition) is 2. The van der Waals surface area contributed by atoms with Crippen molar-refractivity contribution in [3.63, 3.8) is 0 Å². The Labute approximate surface area is 139 Å². The third-order valence-electron chi connectivity index (χ3n) is 2.84. The van der Waals surface area contributed by atoms with Gasteiger partial charge in [0.25, 0.3) is 15.9 Å². The quantitative estimate of drug-likeness (QED) is 0.777. The fraction of sp³-hybridized carbons (Fsp3) is 0.133. The van der Waals surface area contributed by atoms with Crippen LogP contribution >= 0.6 is 11.6 Å². The summed E-state index contributed by atoms with van der Waals surface area (Å²) in [5, 5.41) is 0.416. The molecule has 0 aliphatic rings. The van der Waals surface area contributed by atoms with Gasteiger partial charge in [-0.3, -0.25) is 10.2 Å². The van der Waals surface area contributed by atoms with Crippen LogP contribution in [0, 0.1) is 6.92 Å². The Balaban J connectivity index is 1.86. The van der Waals surface area contributed by atoms with Crippen LogP contribution in [0.3, 0.4) is 0 Å². The van der Waals surface area contributed by atoms with Crippen molar-refractivity contribution in [2.24, 2.45) is 0 Å². The summed E-state index contributed by atoms with van der Waals surface area (Å²) >= 11 is 5.70. The van der Waals surface area contributed by atoms with Crippen LogP contribution in [0.15, 0.2) is 53.4 Å². The topological polar surface area (TPSA) is 84.5 Å². The first-order valence-corrected chi connectivity index (χ1v) is 8.48. The first-order valence-electron chi connectivity index (χ1n) is 6.62. The van der Waals surface area contributed by atoms with Crippen molar-refractivity contribution < 1.29 is 17.9 Å². The number of rotatable bonds is 6. The van der Waals surface area contributed by atoms with Crippen LogP contribution in [0.4, 0.5) is 0 Å². The van der Waals surface area contributed by atoms with E-state index in [4.69, 9.17) is 16.3 Å². The maximum Gasteiger partial charge on any atom is 0.272 e. The molecule has 0 spiro atoms. The number of carbonyl (C=O) groups is 1. The van der Waals surface area contributed by atoms with Crippen molar-refractivity contribution >= 4 is 27.5 Å². The van der Waals surface area contributed by atoms with Gasteiger partial charge in [0.1, 0.15) is 5.75 Å². The van der Waals surface area contributed by atoms with Gasteiger partial charge in [0.05, 0.1) is 4.90 Å². The minimum absolute atomic E-state index is 0.0124. The molecule has 2 rings (SSSR count). The van der Waals surface area contributed by atoms with E-state index in [1.54, 1.807) is 12.1 Å². The number of ether oxygens (including phenoxy) is 1. The zero-order valence-corrected chi connectivity index (χ0v) is 13.8. The van der Waals surface area contributed by atoms with E-state index in [1.807, 2.05) is 23.9 Å². The predicted molar refractivity (Wildman–Crippen MR) is 86.6 cm³/mol. The Kier molecular flexibility index (Phi) is 5.59. The van der Waals surface area contributed by atoms with Crippen molar-refractivity contribution in [1.29, 1.82) is 0 Å². The van der Waals surface area contributed by atoms with Crippen LogP contribution in [0.25, 0.3) is 0 Å². The minimum Gasteiger partial charge on any atom is -0.484 e. The van der Waals surface area contributed by atoms with E-state index in [0.717, 1.165) is 5.56 Å². The van der Waals surface area contributed by atoms with Gasteiger partial charge in [0, 0.05) is 5.02 Å². The van der Waals surface area contributed by atoms with Crippen molar-refractivity contribution in [3.05, 3.63) is 59.1 Å². The molecule has 0 radical (unpaired) electrons. The normalized spacial score (nSPS) is 11.0. The van der Waals surface area contributed by atoms with Crippen LogP contribution < -0.4 is 15.0 Å². The maximum atomic E-state index is 11.9. The van der Waals surface area contributed by atoms with Crippen molar-refractivity contribution in [3.8, 4) is 5.75 Å². The second kappa shape index (κ2) is 7.45. The Morgan fingerprint density at radius 2 is 1.70 bits per heavy atom. The molecular weight excluding hydrogens is 340 g/mol. The molecule has 0 fully saturated rings. The maximum absolute atomic E-state index is 11.9. The molecule has 0 aliphatic heterocycles. The van der Waals surface area contributed by atoms with Crippen LogP contribution in [0.1, 0.15) is 5.56 Å². The number of hydrazine groups is 1. The molecule has 0 unspecified atom stereocenters. The van der Waals surface area contributed by atoms with E-state index in [2.05, 4.69) is 5.43 Å². The van der Waals surface area contributed by atoms with E-state index in [0.29, 0.717) is 10.8 Å². The summed E-state index contributed by atoms with van der Waals surface area (Å²) in [6, 6.07) is 12.7. The van der Waals surface area contributed by atoms with Gasteiger partial charge in [-0.2, -0.15) is 0 Å². The van der Waals surface area contributed by atoms with Crippen molar-refractivity contribution in [2.75, 3.05) is 6.61 Å². The zero-order valence-electron chi connectivity index (χ0n) is 12.2. The molecule has 0 atom stereocenters. The fourth-order valence-corrected chi connectivity index (χ4v) is 2.60. The van der Waals surface area contributed by atoms with Gasteiger partial charge < -0.3 is 4.74 Å². The van der Waals surface area contributed by atoms with Crippen molar-refractivity contribution in [1.82, 2.24) is 10.3 Å². The number of hydrogen-bond acceptors (Lipinski definition) is 4. The molecule has 0 bridgehead atoms. The molecule has 122 valence electrons.